The van der Waals surface area contributed by atoms with E-state index in [1.165, 1.54) is 54.6 Å². The van der Waals surface area contributed by atoms with Gasteiger partial charge in [-0.05, 0) is 83.9 Å². The predicted octanol–water partition coefficient (Wildman–Crippen LogP) is 10.8. The molecule has 0 fully saturated rings. The highest BCUT2D eigenvalue weighted by Gasteiger charge is 2.25. The van der Waals surface area contributed by atoms with E-state index in [0.29, 0.717) is 0 Å². The lowest BCUT2D eigenvalue weighted by Gasteiger charge is -2.32. The molecule has 9 rings (SSSR count). The number of nitrogens with one attached hydrogen (secondary N) is 2. The zero-order chi connectivity index (χ0) is 31.9. The van der Waals surface area contributed by atoms with Crippen molar-refractivity contribution in [3.63, 3.8) is 0 Å². The van der Waals surface area contributed by atoms with E-state index in [-0.39, 0.29) is 12.3 Å². The van der Waals surface area contributed by atoms with Crippen molar-refractivity contribution in [2.75, 3.05) is 0 Å². The molecule has 0 aliphatic carbocycles. The van der Waals surface area contributed by atoms with Crippen molar-refractivity contribution in [3.8, 4) is 22.3 Å². The van der Waals surface area contributed by atoms with Gasteiger partial charge < -0.3 is 5.32 Å². The number of hydrogen-bond donors (Lipinski definition) is 2. The number of amidine groups is 1. The number of fused-ring (bicyclic) bond motifs is 6. The van der Waals surface area contributed by atoms with E-state index >= 15 is 0 Å². The van der Waals surface area contributed by atoms with Gasteiger partial charge >= 0.3 is 0 Å². The Hall–Kier alpha value is -6.03. The SMILES string of the molecule is c1ccc(C2N=C(c3cccc(-c4cccc(-c5ccc6c7ccccc7c7ccccc7c6c5)c4)c3)NC(c3ccccc3)N2)cc1. The van der Waals surface area contributed by atoms with Gasteiger partial charge in [0.05, 0.1) is 0 Å². The lowest BCUT2D eigenvalue weighted by molar-refractivity contribution is 0.409. The molecule has 0 spiro atoms. The molecule has 2 N–H and O–H groups in total. The summed E-state index contributed by atoms with van der Waals surface area (Å²) >= 11 is 0. The van der Waals surface area contributed by atoms with E-state index in [1.54, 1.807) is 0 Å². The minimum Gasteiger partial charge on any atom is -0.350 e. The molecule has 0 radical (unpaired) electrons. The van der Waals surface area contributed by atoms with Crippen molar-refractivity contribution < 1.29 is 0 Å². The molecule has 228 valence electrons. The second kappa shape index (κ2) is 12.0. The van der Waals surface area contributed by atoms with Crippen molar-refractivity contribution in [3.05, 3.63) is 193 Å². The molecular weight excluding hydrogens is 583 g/mol. The lowest BCUT2D eigenvalue weighted by atomic mass is 9.91. The Kier molecular flexibility index (Phi) is 7.03. The van der Waals surface area contributed by atoms with Crippen LogP contribution in [0.25, 0.3) is 54.6 Å². The molecule has 1 heterocycles. The third-order valence-corrected chi connectivity index (χ3v) is 9.52. The first-order valence-corrected chi connectivity index (χ1v) is 16.5. The maximum atomic E-state index is 5.17. The summed E-state index contributed by atoms with van der Waals surface area (Å²) in [5.41, 5.74) is 8.10. The highest BCUT2D eigenvalue weighted by Crippen LogP contribution is 2.38. The Bertz CT molecular complexity index is 2430. The van der Waals surface area contributed by atoms with Crippen molar-refractivity contribution in [2.24, 2.45) is 4.99 Å². The van der Waals surface area contributed by atoms with Gasteiger partial charge in [-0.15, -0.1) is 0 Å². The molecule has 1 aliphatic heterocycles. The summed E-state index contributed by atoms with van der Waals surface area (Å²) in [5.74, 6) is 0.878. The average Bonchev–Trinajstić information content (AvgIpc) is 3.18. The molecule has 0 saturated carbocycles. The summed E-state index contributed by atoms with van der Waals surface area (Å²) < 4.78 is 0. The first-order chi connectivity index (χ1) is 23.8. The highest BCUT2D eigenvalue weighted by molar-refractivity contribution is 6.25. The Morgan fingerprint density at radius 3 is 1.42 bits per heavy atom. The largest absolute Gasteiger partial charge is 0.350 e. The zero-order valence-corrected chi connectivity index (χ0v) is 26.3. The Balaban J connectivity index is 1.10. The monoisotopic (exact) mass is 615 g/mol. The molecule has 48 heavy (non-hydrogen) atoms. The van der Waals surface area contributed by atoms with Crippen LogP contribution in [-0.4, -0.2) is 5.84 Å². The molecule has 3 heteroatoms. The minimum absolute atomic E-state index is 0.0722. The van der Waals surface area contributed by atoms with Crippen LogP contribution in [-0.2, 0) is 0 Å². The van der Waals surface area contributed by atoms with Crippen LogP contribution in [0.2, 0.25) is 0 Å². The average molecular weight is 616 g/mol. The van der Waals surface area contributed by atoms with E-state index in [4.69, 9.17) is 4.99 Å². The van der Waals surface area contributed by atoms with Crippen LogP contribution in [0, 0.1) is 0 Å². The fourth-order valence-electron chi connectivity index (χ4n) is 7.14. The summed E-state index contributed by atoms with van der Waals surface area (Å²) in [7, 11) is 0. The van der Waals surface area contributed by atoms with Gasteiger partial charge in [0.15, 0.2) is 0 Å². The van der Waals surface area contributed by atoms with Crippen LogP contribution in [0.3, 0.4) is 0 Å². The summed E-state index contributed by atoms with van der Waals surface area (Å²) in [6.07, 6.45) is -0.238. The van der Waals surface area contributed by atoms with E-state index < -0.39 is 0 Å². The third-order valence-electron chi connectivity index (χ3n) is 9.52. The molecule has 3 nitrogen and oxygen atoms in total. The van der Waals surface area contributed by atoms with Crippen LogP contribution in [0.15, 0.2) is 181 Å². The normalized spacial score (nSPS) is 16.1. The van der Waals surface area contributed by atoms with Crippen molar-refractivity contribution in [2.45, 2.75) is 12.3 Å². The molecule has 8 aromatic rings. The summed E-state index contributed by atoms with van der Waals surface area (Å²) in [6, 6.07) is 63.0. The lowest BCUT2D eigenvalue weighted by Crippen LogP contribution is -2.44. The van der Waals surface area contributed by atoms with Crippen LogP contribution >= 0.6 is 0 Å². The topological polar surface area (TPSA) is 36.4 Å². The van der Waals surface area contributed by atoms with Crippen molar-refractivity contribution >= 4 is 38.2 Å². The number of nitrogens with zero attached hydrogens (tertiary/aromatic N) is 1. The molecular formula is C45H33N3. The van der Waals surface area contributed by atoms with Gasteiger partial charge in [0.25, 0.3) is 0 Å². The van der Waals surface area contributed by atoms with Crippen LogP contribution in [0.4, 0.5) is 0 Å². The van der Waals surface area contributed by atoms with Crippen molar-refractivity contribution in [1.29, 1.82) is 0 Å². The van der Waals surface area contributed by atoms with Gasteiger partial charge in [0, 0.05) is 5.56 Å². The second-order valence-corrected chi connectivity index (χ2v) is 12.5. The van der Waals surface area contributed by atoms with E-state index in [1.807, 2.05) is 6.07 Å². The van der Waals surface area contributed by atoms with Crippen LogP contribution < -0.4 is 10.6 Å². The number of rotatable bonds is 5. The summed E-state index contributed by atoms with van der Waals surface area (Å²) in [5, 5.41) is 15.1. The van der Waals surface area contributed by atoms with Crippen molar-refractivity contribution in [1.82, 2.24) is 10.6 Å². The van der Waals surface area contributed by atoms with Gasteiger partial charge in [-0.3, -0.25) is 5.32 Å². The molecule has 2 atom stereocenters. The first-order valence-electron chi connectivity index (χ1n) is 16.5. The zero-order valence-electron chi connectivity index (χ0n) is 26.3. The fraction of sp³-hybridized carbons (Fsp3) is 0.0444. The smallest absolute Gasteiger partial charge is 0.131 e. The van der Waals surface area contributed by atoms with E-state index in [2.05, 4.69) is 180 Å². The highest BCUT2D eigenvalue weighted by atomic mass is 15.3. The van der Waals surface area contributed by atoms with Gasteiger partial charge in [-0.25, -0.2) is 4.99 Å². The van der Waals surface area contributed by atoms with E-state index in [0.717, 1.165) is 22.5 Å². The molecule has 0 amide bonds. The maximum Gasteiger partial charge on any atom is 0.131 e. The number of hydrogen-bond acceptors (Lipinski definition) is 3. The van der Waals surface area contributed by atoms with Gasteiger partial charge in [0.2, 0.25) is 0 Å². The van der Waals surface area contributed by atoms with Crippen LogP contribution in [0.1, 0.15) is 29.0 Å². The number of benzene rings is 8. The van der Waals surface area contributed by atoms with Crippen LogP contribution in [0.5, 0.6) is 0 Å². The minimum atomic E-state index is -0.166. The van der Waals surface area contributed by atoms with E-state index in [9.17, 15) is 0 Å². The summed E-state index contributed by atoms with van der Waals surface area (Å²) in [6.45, 7) is 0. The number of aliphatic imine (C=N–C) groups is 1. The van der Waals surface area contributed by atoms with Gasteiger partial charge in [-0.2, -0.15) is 0 Å². The molecule has 1 aliphatic rings. The Morgan fingerprint density at radius 1 is 0.354 bits per heavy atom. The standard InChI is InChI=1S/C45H33N3/c1-3-13-30(14-4-1)43-46-44(31-15-5-2-6-16-31)48-45(47-43)36-20-12-19-34(28-36)32-17-11-18-33(27-32)35-25-26-41-39-23-8-7-21-37(39)38-22-9-10-24-40(38)42(41)29-35/h1-29,43-44,46H,(H,47,48). The second-order valence-electron chi connectivity index (χ2n) is 12.5. The van der Waals surface area contributed by atoms with Gasteiger partial charge in [0.1, 0.15) is 18.2 Å². The Morgan fingerprint density at radius 2 is 0.812 bits per heavy atom. The first kappa shape index (κ1) is 28.2. The molecule has 0 aromatic heterocycles. The molecule has 2 unspecified atom stereocenters. The quantitative estimate of drug-likeness (QED) is 0.189. The predicted molar refractivity (Wildman–Crippen MR) is 201 cm³/mol. The van der Waals surface area contributed by atoms with Gasteiger partial charge in [-0.1, -0.05) is 158 Å². The third kappa shape index (κ3) is 5.11. The Labute approximate surface area is 280 Å². The maximum absolute atomic E-state index is 5.17. The summed E-state index contributed by atoms with van der Waals surface area (Å²) in [4.78, 5) is 5.17. The molecule has 0 saturated heterocycles. The molecule has 0 bridgehead atoms. The fourth-order valence-corrected chi connectivity index (χ4v) is 7.14. The molecule has 8 aromatic carbocycles.